The number of rotatable bonds is 4. The molecule has 0 saturated carbocycles. The minimum Gasteiger partial charge on any atom is -0.331 e. The SMILES string of the molecule is C[C@@H](NC(=O)Nc1cc2[nH]nc(C(F)F)c2cn1)c1ccc(F)cc1. The lowest BCUT2D eigenvalue weighted by Crippen LogP contribution is -2.31. The molecule has 25 heavy (non-hydrogen) atoms. The van der Waals surface area contributed by atoms with Crippen molar-refractivity contribution in [2.75, 3.05) is 5.32 Å². The van der Waals surface area contributed by atoms with E-state index in [1.54, 1.807) is 19.1 Å². The number of alkyl halides is 2. The third-order valence-corrected chi connectivity index (χ3v) is 3.64. The van der Waals surface area contributed by atoms with E-state index >= 15 is 0 Å². The summed E-state index contributed by atoms with van der Waals surface area (Å²) in [6, 6.07) is 6.27. The summed E-state index contributed by atoms with van der Waals surface area (Å²) in [5.74, 6) is -0.179. The van der Waals surface area contributed by atoms with Crippen LogP contribution in [0.25, 0.3) is 10.9 Å². The van der Waals surface area contributed by atoms with Gasteiger partial charge in [0.05, 0.1) is 11.6 Å². The van der Waals surface area contributed by atoms with Crippen LogP contribution in [0.1, 0.15) is 30.6 Å². The van der Waals surface area contributed by atoms with E-state index in [1.807, 2.05) is 0 Å². The van der Waals surface area contributed by atoms with Gasteiger partial charge in [-0.25, -0.2) is 22.9 Å². The first kappa shape index (κ1) is 16.7. The van der Waals surface area contributed by atoms with Crippen molar-refractivity contribution in [1.82, 2.24) is 20.5 Å². The maximum Gasteiger partial charge on any atom is 0.320 e. The first-order chi connectivity index (χ1) is 11.9. The van der Waals surface area contributed by atoms with Gasteiger partial charge in [-0.3, -0.25) is 10.4 Å². The molecular weight excluding hydrogens is 335 g/mol. The molecule has 0 unspecified atom stereocenters. The average Bonchev–Trinajstić information content (AvgIpc) is 2.98. The summed E-state index contributed by atoms with van der Waals surface area (Å²) >= 11 is 0. The number of urea groups is 1. The van der Waals surface area contributed by atoms with Gasteiger partial charge in [0, 0.05) is 17.6 Å². The number of hydrogen-bond acceptors (Lipinski definition) is 3. The van der Waals surface area contributed by atoms with E-state index in [0.29, 0.717) is 5.52 Å². The highest BCUT2D eigenvalue weighted by atomic mass is 19.3. The Morgan fingerprint density at radius 1 is 1.24 bits per heavy atom. The summed E-state index contributed by atoms with van der Waals surface area (Å²) in [7, 11) is 0. The molecule has 2 heterocycles. The molecule has 3 aromatic rings. The van der Waals surface area contributed by atoms with Gasteiger partial charge >= 0.3 is 6.03 Å². The Morgan fingerprint density at radius 3 is 2.64 bits per heavy atom. The van der Waals surface area contributed by atoms with Gasteiger partial charge < -0.3 is 5.32 Å². The zero-order valence-electron chi connectivity index (χ0n) is 13.1. The number of aromatic nitrogens is 3. The Kier molecular flexibility index (Phi) is 4.55. The fraction of sp³-hybridized carbons (Fsp3) is 0.188. The molecule has 130 valence electrons. The number of anilines is 1. The molecule has 0 spiro atoms. The number of H-pyrrole nitrogens is 1. The van der Waals surface area contributed by atoms with Crippen LogP contribution >= 0.6 is 0 Å². The van der Waals surface area contributed by atoms with Crippen molar-refractivity contribution in [3.63, 3.8) is 0 Å². The van der Waals surface area contributed by atoms with Crippen LogP contribution in [0.5, 0.6) is 0 Å². The summed E-state index contributed by atoms with van der Waals surface area (Å²) in [5.41, 5.74) is 0.686. The van der Waals surface area contributed by atoms with Crippen LogP contribution in [0.2, 0.25) is 0 Å². The second-order valence-corrected chi connectivity index (χ2v) is 5.40. The van der Waals surface area contributed by atoms with Crippen molar-refractivity contribution in [2.45, 2.75) is 19.4 Å². The van der Waals surface area contributed by atoms with Crippen LogP contribution in [-0.2, 0) is 0 Å². The number of halogens is 3. The number of benzene rings is 1. The topological polar surface area (TPSA) is 82.7 Å². The molecular formula is C16H14F3N5O. The molecule has 0 radical (unpaired) electrons. The Hall–Kier alpha value is -3.10. The first-order valence-corrected chi connectivity index (χ1v) is 7.39. The number of aromatic amines is 1. The smallest absolute Gasteiger partial charge is 0.320 e. The second-order valence-electron chi connectivity index (χ2n) is 5.40. The van der Waals surface area contributed by atoms with E-state index in [0.717, 1.165) is 5.56 Å². The number of hydrogen-bond donors (Lipinski definition) is 3. The minimum atomic E-state index is -2.71. The molecule has 0 aliphatic carbocycles. The molecule has 2 aromatic heterocycles. The average molecular weight is 349 g/mol. The maximum absolute atomic E-state index is 12.9. The quantitative estimate of drug-likeness (QED) is 0.668. The fourth-order valence-corrected chi connectivity index (χ4v) is 2.35. The molecule has 6 nitrogen and oxygen atoms in total. The van der Waals surface area contributed by atoms with Crippen molar-refractivity contribution in [3.8, 4) is 0 Å². The Balaban J connectivity index is 1.68. The molecule has 0 aliphatic heterocycles. The van der Waals surface area contributed by atoms with Crippen LogP contribution in [-0.4, -0.2) is 21.2 Å². The lowest BCUT2D eigenvalue weighted by molar-refractivity contribution is 0.147. The number of nitrogens with one attached hydrogen (secondary N) is 3. The van der Waals surface area contributed by atoms with Crippen LogP contribution < -0.4 is 10.6 Å². The lowest BCUT2D eigenvalue weighted by atomic mass is 10.1. The standard InChI is InChI=1S/C16H14F3N5O/c1-8(9-2-4-10(17)5-3-9)21-16(25)22-13-6-12-11(7-20-13)14(15(18)19)24-23-12/h2-8,15H,1H3,(H,23,24)(H2,20,21,22,25)/t8-/m1/s1. The van der Waals surface area contributed by atoms with E-state index in [1.165, 1.54) is 24.4 Å². The second kappa shape index (κ2) is 6.80. The number of carbonyl (C=O) groups is 1. The van der Waals surface area contributed by atoms with Gasteiger partial charge in [-0.15, -0.1) is 0 Å². The van der Waals surface area contributed by atoms with Crippen molar-refractivity contribution >= 4 is 22.8 Å². The highest BCUT2D eigenvalue weighted by molar-refractivity contribution is 5.91. The number of carbonyl (C=O) groups excluding carboxylic acids is 1. The summed E-state index contributed by atoms with van der Waals surface area (Å²) in [6.45, 7) is 1.74. The van der Waals surface area contributed by atoms with Gasteiger partial charge in [-0.2, -0.15) is 5.10 Å². The predicted molar refractivity (Wildman–Crippen MR) is 85.8 cm³/mol. The largest absolute Gasteiger partial charge is 0.331 e. The number of fused-ring (bicyclic) bond motifs is 1. The monoisotopic (exact) mass is 349 g/mol. The van der Waals surface area contributed by atoms with Crippen LogP contribution in [0.4, 0.5) is 23.8 Å². The number of amides is 2. The van der Waals surface area contributed by atoms with Crippen molar-refractivity contribution in [2.24, 2.45) is 0 Å². The van der Waals surface area contributed by atoms with Crippen molar-refractivity contribution in [3.05, 3.63) is 53.6 Å². The highest BCUT2D eigenvalue weighted by Crippen LogP contribution is 2.25. The van der Waals surface area contributed by atoms with Crippen LogP contribution in [0.15, 0.2) is 36.5 Å². The fourth-order valence-electron chi connectivity index (χ4n) is 2.35. The number of pyridine rings is 1. The summed E-state index contributed by atoms with van der Waals surface area (Å²) in [4.78, 5) is 16.0. The van der Waals surface area contributed by atoms with Crippen molar-refractivity contribution < 1.29 is 18.0 Å². The normalized spacial score (nSPS) is 12.4. The Bertz CT molecular complexity index is 894. The van der Waals surface area contributed by atoms with Gasteiger partial charge in [0.25, 0.3) is 6.43 Å². The summed E-state index contributed by atoms with van der Waals surface area (Å²) < 4.78 is 38.4. The molecule has 3 N–H and O–H groups in total. The summed E-state index contributed by atoms with van der Waals surface area (Å²) in [6.07, 6.45) is -1.49. The number of nitrogens with zero attached hydrogens (tertiary/aromatic N) is 2. The molecule has 1 atom stereocenters. The lowest BCUT2D eigenvalue weighted by Gasteiger charge is -2.14. The molecule has 3 rings (SSSR count). The molecule has 0 bridgehead atoms. The van der Waals surface area contributed by atoms with Gasteiger partial charge in [0.2, 0.25) is 0 Å². The zero-order valence-corrected chi connectivity index (χ0v) is 13.1. The molecule has 9 heteroatoms. The third kappa shape index (κ3) is 3.70. The Morgan fingerprint density at radius 2 is 1.96 bits per heavy atom. The minimum absolute atomic E-state index is 0.181. The van der Waals surface area contributed by atoms with Gasteiger partial charge in [-0.1, -0.05) is 12.1 Å². The van der Waals surface area contributed by atoms with Crippen molar-refractivity contribution in [1.29, 1.82) is 0 Å². The Labute approximate surface area is 140 Å². The van der Waals surface area contributed by atoms with Gasteiger partial charge in [0.15, 0.2) is 0 Å². The molecule has 0 aliphatic rings. The molecule has 2 amide bonds. The highest BCUT2D eigenvalue weighted by Gasteiger charge is 2.17. The molecule has 1 aromatic carbocycles. The third-order valence-electron chi connectivity index (χ3n) is 3.64. The zero-order chi connectivity index (χ0) is 18.0. The van der Waals surface area contributed by atoms with E-state index < -0.39 is 12.5 Å². The predicted octanol–water partition coefficient (Wildman–Crippen LogP) is 3.92. The van der Waals surface area contributed by atoms with Gasteiger partial charge in [0.1, 0.15) is 17.3 Å². The molecule has 0 fully saturated rings. The summed E-state index contributed by atoms with van der Waals surface area (Å²) in [5, 5.41) is 11.4. The first-order valence-electron chi connectivity index (χ1n) is 7.39. The van der Waals surface area contributed by atoms with Crippen LogP contribution in [0.3, 0.4) is 0 Å². The maximum atomic E-state index is 12.9. The van der Waals surface area contributed by atoms with E-state index in [2.05, 4.69) is 25.8 Å². The van der Waals surface area contributed by atoms with Gasteiger partial charge in [-0.05, 0) is 24.6 Å². The van der Waals surface area contributed by atoms with E-state index in [4.69, 9.17) is 0 Å². The molecule has 0 saturated heterocycles. The van der Waals surface area contributed by atoms with E-state index in [-0.39, 0.29) is 28.8 Å². The van der Waals surface area contributed by atoms with E-state index in [9.17, 15) is 18.0 Å². The van der Waals surface area contributed by atoms with Crippen LogP contribution in [0, 0.1) is 5.82 Å².